The summed E-state index contributed by atoms with van der Waals surface area (Å²) in [6, 6.07) is 0. The van der Waals surface area contributed by atoms with Gasteiger partial charge in [-0.1, -0.05) is 20.3 Å². The van der Waals surface area contributed by atoms with E-state index in [9.17, 15) is 9.59 Å². The molecule has 1 aromatic rings. The van der Waals surface area contributed by atoms with Crippen molar-refractivity contribution in [1.82, 2.24) is 10.3 Å². The van der Waals surface area contributed by atoms with Gasteiger partial charge < -0.3 is 10.4 Å². The molecule has 1 aliphatic rings. The zero-order valence-corrected chi connectivity index (χ0v) is 14.8. The van der Waals surface area contributed by atoms with E-state index in [0.29, 0.717) is 25.3 Å². The van der Waals surface area contributed by atoms with Gasteiger partial charge in [0, 0.05) is 30.3 Å². The van der Waals surface area contributed by atoms with Crippen molar-refractivity contribution in [3.63, 3.8) is 0 Å². The van der Waals surface area contributed by atoms with Crippen molar-refractivity contribution >= 4 is 29.4 Å². The van der Waals surface area contributed by atoms with Gasteiger partial charge in [0.2, 0.25) is 0 Å². The van der Waals surface area contributed by atoms with Crippen molar-refractivity contribution in [3.05, 3.63) is 28.2 Å². The number of carbonyl (C=O) groups excluding carboxylic acids is 1. The van der Waals surface area contributed by atoms with Gasteiger partial charge in [-0.25, -0.2) is 9.78 Å². The van der Waals surface area contributed by atoms with Crippen LogP contribution in [0, 0.1) is 0 Å². The molecular formula is C17H23N3O3S. The summed E-state index contributed by atoms with van der Waals surface area (Å²) >= 11 is 1.54. The van der Waals surface area contributed by atoms with E-state index < -0.39 is 11.6 Å². The minimum atomic E-state index is -1.01. The summed E-state index contributed by atoms with van der Waals surface area (Å²) in [5.74, 6) is 0.419. The minimum Gasteiger partial charge on any atom is -0.465 e. The molecule has 0 saturated heterocycles. The first kappa shape index (κ1) is 18.3. The van der Waals surface area contributed by atoms with Crippen molar-refractivity contribution < 1.29 is 14.7 Å². The Morgan fingerprint density at radius 1 is 1.33 bits per heavy atom. The molecule has 1 aliphatic heterocycles. The standard InChI is InChI=1S/C17H23N3O3S/c1-12(2)13-11-19-15(24-13)17(8-6-10-20-17)14(21)7-4-3-5-9-18-16(22)23/h6,8,10-12,18H,3-5,7,9H2,1-2H3,(H,22,23). The summed E-state index contributed by atoms with van der Waals surface area (Å²) in [4.78, 5) is 33.2. The first-order chi connectivity index (χ1) is 11.5. The van der Waals surface area contributed by atoms with Crippen LogP contribution in [-0.2, 0) is 10.3 Å². The van der Waals surface area contributed by atoms with Crippen molar-refractivity contribution in [1.29, 1.82) is 0 Å². The number of aromatic nitrogens is 1. The second kappa shape index (κ2) is 8.19. The average molecular weight is 349 g/mol. The molecule has 0 fully saturated rings. The van der Waals surface area contributed by atoms with E-state index in [0.717, 1.165) is 22.7 Å². The third-order valence-electron chi connectivity index (χ3n) is 3.90. The van der Waals surface area contributed by atoms with Crippen LogP contribution in [0.4, 0.5) is 4.79 Å². The highest BCUT2D eigenvalue weighted by molar-refractivity contribution is 7.12. The Morgan fingerprint density at radius 3 is 2.71 bits per heavy atom. The second-order valence-electron chi connectivity index (χ2n) is 6.09. The van der Waals surface area contributed by atoms with E-state index in [1.54, 1.807) is 23.6 Å². The molecule has 130 valence electrons. The van der Waals surface area contributed by atoms with Crippen LogP contribution >= 0.6 is 11.3 Å². The first-order valence-corrected chi connectivity index (χ1v) is 8.96. The number of carboxylic acid groups (broad SMARTS) is 1. The fraction of sp³-hybridized carbons (Fsp3) is 0.529. The fourth-order valence-corrected chi connectivity index (χ4v) is 3.56. The molecule has 0 saturated carbocycles. The number of Topliss-reactive ketones (excluding diaryl/α,β-unsaturated/α-hetero) is 1. The van der Waals surface area contributed by atoms with Crippen LogP contribution in [-0.4, -0.2) is 34.7 Å². The molecule has 1 unspecified atom stereocenters. The maximum atomic E-state index is 12.8. The molecule has 0 radical (unpaired) electrons. The molecule has 0 spiro atoms. The third-order valence-corrected chi connectivity index (χ3v) is 5.32. The van der Waals surface area contributed by atoms with Crippen molar-refractivity contribution in [2.24, 2.45) is 4.99 Å². The Bertz CT molecular complexity index is 637. The van der Waals surface area contributed by atoms with Gasteiger partial charge in [0.1, 0.15) is 5.01 Å². The van der Waals surface area contributed by atoms with Crippen LogP contribution in [0.2, 0.25) is 0 Å². The first-order valence-electron chi connectivity index (χ1n) is 8.15. The number of unbranched alkanes of at least 4 members (excludes halogenated alkanes) is 2. The van der Waals surface area contributed by atoms with E-state index in [4.69, 9.17) is 5.11 Å². The number of thiazole rings is 1. The molecule has 1 amide bonds. The Hall–Kier alpha value is -2.02. The summed E-state index contributed by atoms with van der Waals surface area (Å²) in [5.41, 5.74) is -0.961. The number of ketones is 1. The molecule has 0 bridgehead atoms. The summed E-state index contributed by atoms with van der Waals surface area (Å²) in [6.07, 6.45) is 8.74. The molecule has 2 rings (SSSR count). The topological polar surface area (TPSA) is 91.7 Å². The van der Waals surface area contributed by atoms with E-state index in [2.05, 4.69) is 29.1 Å². The largest absolute Gasteiger partial charge is 0.465 e. The van der Waals surface area contributed by atoms with Crippen molar-refractivity contribution in [2.45, 2.75) is 51.0 Å². The number of hydrogen-bond acceptors (Lipinski definition) is 5. The summed E-state index contributed by atoms with van der Waals surface area (Å²) in [6.45, 7) is 4.62. The summed E-state index contributed by atoms with van der Waals surface area (Å²) in [7, 11) is 0. The molecule has 1 aromatic heterocycles. The predicted octanol–water partition coefficient (Wildman–Crippen LogP) is 3.50. The highest BCUT2D eigenvalue weighted by Crippen LogP contribution is 2.37. The van der Waals surface area contributed by atoms with E-state index in [-0.39, 0.29) is 5.78 Å². The number of carbonyl (C=O) groups is 2. The number of rotatable bonds is 9. The zero-order valence-electron chi connectivity index (χ0n) is 14.0. The smallest absolute Gasteiger partial charge is 0.404 e. The van der Waals surface area contributed by atoms with Gasteiger partial charge >= 0.3 is 6.09 Å². The van der Waals surface area contributed by atoms with Crippen LogP contribution in [0.25, 0.3) is 0 Å². The SMILES string of the molecule is CC(C)c1cnc(C2(C(=O)CCCCCNC(=O)O)C=CC=N2)s1. The molecule has 0 aliphatic carbocycles. The van der Waals surface area contributed by atoms with Gasteiger partial charge in [0.25, 0.3) is 0 Å². The zero-order chi connectivity index (χ0) is 17.6. The van der Waals surface area contributed by atoms with Gasteiger partial charge in [0.05, 0.1) is 0 Å². The predicted molar refractivity (Wildman–Crippen MR) is 95.0 cm³/mol. The van der Waals surface area contributed by atoms with Crippen LogP contribution in [0.3, 0.4) is 0 Å². The molecule has 2 heterocycles. The van der Waals surface area contributed by atoms with Crippen molar-refractivity contribution in [3.8, 4) is 0 Å². The highest BCUT2D eigenvalue weighted by Gasteiger charge is 2.40. The lowest BCUT2D eigenvalue weighted by Crippen LogP contribution is -2.30. The number of nitrogens with one attached hydrogen (secondary N) is 1. The second-order valence-corrected chi connectivity index (χ2v) is 7.15. The number of hydrogen-bond donors (Lipinski definition) is 2. The third kappa shape index (κ3) is 4.29. The normalized spacial score (nSPS) is 19.1. The van der Waals surface area contributed by atoms with Gasteiger partial charge in [-0.15, -0.1) is 11.3 Å². The Balaban J connectivity index is 1.94. The highest BCUT2D eigenvalue weighted by atomic mass is 32.1. The van der Waals surface area contributed by atoms with Crippen LogP contribution in [0.1, 0.15) is 55.3 Å². The summed E-state index contributed by atoms with van der Waals surface area (Å²) in [5, 5.41) is 11.6. The number of amides is 1. The molecule has 0 aromatic carbocycles. The number of aliphatic imine (C=N–C) groups is 1. The lowest BCUT2D eigenvalue weighted by Gasteiger charge is -2.20. The summed E-state index contributed by atoms with van der Waals surface area (Å²) < 4.78 is 0. The molecule has 7 heteroatoms. The fourth-order valence-electron chi connectivity index (χ4n) is 2.50. The Labute approximate surface area is 145 Å². The number of allylic oxidation sites excluding steroid dienone is 1. The molecule has 1 atom stereocenters. The quantitative estimate of drug-likeness (QED) is 0.668. The maximum Gasteiger partial charge on any atom is 0.404 e. The van der Waals surface area contributed by atoms with E-state index >= 15 is 0 Å². The van der Waals surface area contributed by atoms with Gasteiger partial charge in [0.15, 0.2) is 11.3 Å². The van der Waals surface area contributed by atoms with E-state index in [1.165, 1.54) is 0 Å². The molecule has 24 heavy (non-hydrogen) atoms. The van der Waals surface area contributed by atoms with Crippen LogP contribution < -0.4 is 5.32 Å². The minimum absolute atomic E-state index is 0.0448. The molecular weight excluding hydrogens is 326 g/mol. The Morgan fingerprint density at radius 2 is 2.12 bits per heavy atom. The molecule has 2 N–H and O–H groups in total. The van der Waals surface area contributed by atoms with E-state index in [1.807, 2.05) is 12.3 Å². The lowest BCUT2D eigenvalue weighted by atomic mass is 9.92. The molecule has 6 nitrogen and oxygen atoms in total. The monoisotopic (exact) mass is 349 g/mol. The van der Waals surface area contributed by atoms with Crippen LogP contribution in [0.5, 0.6) is 0 Å². The lowest BCUT2D eigenvalue weighted by molar-refractivity contribution is -0.122. The van der Waals surface area contributed by atoms with Crippen LogP contribution in [0.15, 0.2) is 23.3 Å². The van der Waals surface area contributed by atoms with Crippen molar-refractivity contribution in [2.75, 3.05) is 6.54 Å². The average Bonchev–Trinajstić information content (AvgIpc) is 3.18. The number of nitrogens with zero attached hydrogens (tertiary/aromatic N) is 2. The van der Waals surface area contributed by atoms with Gasteiger partial charge in [-0.2, -0.15) is 0 Å². The maximum absolute atomic E-state index is 12.8. The van der Waals surface area contributed by atoms with Gasteiger partial charge in [-0.05, 0) is 30.9 Å². The Kier molecular flexibility index (Phi) is 6.25. The van der Waals surface area contributed by atoms with Gasteiger partial charge in [-0.3, -0.25) is 9.79 Å².